The van der Waals surface area contributed by atoms with Crippen molar-refractivity contribution in [1.82, 2.24) is 5.32 Å². The zero-order chi connectivity index (χ0) is 10.6. The monoisotopic (exact) mass is 211 g/mol. The molecule has 1 heterocycles. The summed E-state index contributed by atoms with van der Waals surface area (Å²) in [7, 11) is 0. The van der Waals surface area contributed by atoms with Crippen LogP contribution in [-0.2, 0) is 6.42 Å². The first-order valence-corrected chi connectivity index (χ1v) is 5.88. The molecule has 0 saturated carbocycles. The number of amides is 1. The lowest BCUT2D eigenvalue weighted by Gasteiger charge is -1.99. The van der Waals surface area contributed by atoms with Crippen molar-refractivity contribution in [3.63, 3.8) is 0 Å². The van der Waals surface area contributed by atoms with E-state index in [-0.39, 0.29) is 5.91 Å². The molecule has 1 N–H and O–H groups in total. The van der Waals surface area contributed by atoms with Gasteiger partial charge in [-0.25, -0.2) is 0 Å². The molecule has 1 aromatic heterocycles. The maximum absolute atomic E-state index is 11.6. The van der Waals surface area contributed by atoms with E-state index in [1.807, 2.05) is 6.07 Å². The molecular weight excluding hydrogens is 194 g/mol. The van der Waals surface area contributed by atoms with Crippen LogP contribution in [-0.4, -0.2) is 12.5 Å². The van der Waals surface area contributed by atoms with Gasteiger partial charge in [-0.3, -0.25) is 4.79 Å². The molecule has 0 bridgehead atoms. The van der Waals surface area contributed by atoms with Crippen LogP contribution >= 0.6 is 11.3 Å². The maximum atomic E-state index is 11.6. The second-order valence-corrected chi connectivity index (χ2v) is 4.56. The molecule has 0 fully saturated rings. The molecular formula is C11H17NOS. The van der Waals surface area contributed by atoms with Crippen LogP contribution in [0, 0.1) is 6.92 Å². The van der Waals surface area contributed by atoms with E-state index in [9.17, 15) is 4.79 Å². The van der Waals surface area contributed by atoms with Gasteiger partial charge in [0.25, 0.3) is 5.91 Å². The Balaban J connectivity index is 2.70. The highest BCUT2D eigenvalue weighted by atomic mass is 32.1. The van der Waals surface area contributed by atoms with E-state index in [0.717, 1.165) is 24.3 Å². The van der Waals surface area contributed by atoms with Gasteiger partial charge in [0, 0.05) is 11.4 Å². The van der Waals surface area contributed by atoms with Crippen molar-refractivity contribution >= 4 is 17.2 Å². The van der Waals surface area contributed by atoms with E-state index in [2.05, 4.69) is 26.1 Å². The van der Waals surface area contributed by atoms with Crippen molar-refractivity contribution in [2.75, 3.05) is 6.54 Å². The Morgan fingerprint density at radius 1 is 1.50 bits per heavy atom. The molecule has 1 amide bonds. The van der Waals surface area contributed by atoms with Crippen molar-refractivity contribution in [2.45, 2.75) is 33.6 Å². The number of nitrogens with one attached hydrogen (secondary N) is 1. The number of rotatable bonds is 4. The zero-order valence-electron chi connectivity index (χ0n) is 9.02. The minimum atomic E-state index is 0.0691. The van der Waals surface area contributed by atoms with Crippen LogP contribution in [0.25, 0.3) is 0 Å². The summed E-state index contributed by atoms with van der Waals surface area (Å²) in [4.78, 5) is 13.7. The Hall–Kier alpha value is -0.830. The molecule has 1 rings (SSSR count). The number of aryl methyl sites for hydroxylation is 2. The molecule has 0 aromatic carbocycles. The summed E-state index contributed by atoms with van der Waals surface area (Å²) in [5.41, 5.74) is 1.29. The van der Waals surface area contributed by atoms with Gasteiger partial charge < -0.3 is 5.32 Å². The van der Waals surface area contributed by atoms with E-state index in [4.69, 9.17) is 0 Å². The number of hydrogen-bond acceptors (Lipinski definition) is 2. The summed E-state index contributed by atoms with van der Waals surface area (Å²) in [6.45, 7) is 7.00. The van der Waals surface area contributed by atoms with Gasteiger partial charge in [-0.2, -0.15) is 0 Å². The van der Waals surface area contributed by atoms with Gasteiger partial charge in [-0.15, -0.1) is 11.3 Å². The molecule has 2 nitrogen and oxygen atoms in total. The van der Waals surface area contributed by atoms with Crippen LogP contribution < -0.4 is 5.32 Å². The summed E-state index contributed by atoms with van der Waals surface area (Å²) >= 11 is 1.59. The third-order valence-electron chi connectivity index (χ3n) is 2.16. The van der Waals surface area contributed by atoms with Gasteiger partial charge >= 0.3 is 0 Å². The predicted molar refractivity (Wildman–Crippen MR) is 61.1 cm³/mol. The van der Waals surface area contributed by atoms with Crippen molar-refractivity contribution in [3.8, 4) is 0 Å². The predicted octanol–water partition coefficient (Wildman–Crippen LogP) is 2.76. The molecule has 1 aromatic rings. The third kappa shape index (κ3) is 2.58. The average molecular weight is 211 g/mol. The fourth-order valence-corrected chi connectivity index (χ4v) is 2.34. The van der Waals surface area contributed by atoms with Crippen molar-refractivity contribution < 1.29 is 4.79 Å². The Bertz CT molecular complexity index is 317. The number of hydrogen-bond donors (Lipinski definition) is 1. The number of carbonyl (C=O) groups excluding carboxylic acids is 1. The van der Waals surface area contributed by atoms with Gasteiger partial charge in [0.05, 0.1) is 4.88 Å². The fraction of sp³-hybridized carbons (Fsp3) is 0.545. The van der Waals surface area contributed by atoms with Gasteiger partial charge in [-0.1, -0.05) is 13.8 Å². The van der Waals surface area contributed by atoms with Gasteiger partial charge in [0.15, 0.2) is 0 Å². The zero-order valence-corrected chi connectivity index (χ0v) is 9.83. The lowest BCUT2D eigenvalue weighted by Crippen LogP contribution is -2.22. The first kappa shape index (κ1) is 11.2. The summed E-state index contributed by atoms with van der Waals surface area (Å²) in [6, 6.07) is 2.00. The van der Waals surface area contributed by atoms with Crippen LogP contribution in [0.1, 0.15) is 40.4 Å². The first-order chi connectivity index (χ1) is 6.69. The minimum Gasteiger partial charge on any atom is -0.351 e. The lowest BCUT2D eigenvalue weighted by atomic mass is 10.2. The van der Waals surface area contributed by atoms with Crippen LogP contribution in [0.2, 0.25) is 0 Å². The normalized spacial score (nSPS) is 10.2. The number of thiophene rings is 1. The molecule has 0 aliphatic carbocycles. The van der Waals surface area contributed by atoms with Gasteiger partial charge in [0.1, 0.15) is 0 Å². The SMILES string of the molecule is CCCNC(=O)c1cc(CC)c(C)s1. The Morgan fingerprint density at radius 2 is 2.21 bits per heavy atom. The molecule has 0 saturated heterocycles. The molecule has 0 atom stereocenters. The van der Waals surface area contributed by atoms with Gasteiger partial charge in [0.2, 0.25) is 0 Å². The Morgan fingerprint density at radius 3 is 2.71 bits per heavy atom. The quantitative estimate of drug-likeness (QED) is 0.815. The third-order valence-corrected chi connectivity index (χ3v) is 3.25. The second-order valence-electron chi connectivity index (χ2n) is 3.30. The molecule has 14 heavy (non-hydrogen) atoms. The van der Waals surface area contributed by atoms with Crippen molar-refractivity contribution in [2.24, 2.45) is 0 Å². The first-order valence-electron chi connectivity index (χ1n) is 5.06. The Labute approximate surface area is 89.3 Å². The molecule has 78 valence electrons. The molecule has 0 radical (unpaired) electrons. The molecule has 0 aliphatic heterocycles. The van der Waals surface area contributed by atoms with Crippen molar-refractivity contribution in [3.05, 3.63) is 21.4 Å². The van der Waals surface area contributed by atoms with Crippen LogP contribution in [0.4, 0.5) is 0 Å². The highest BCUT2D eigenvalue weighted by Gasteiger charge is 2.10. The van der Waals surface area contributed by atoms with Crippen LogP contribution in [0.5, 0.6) is 0 Å². The highest BCUT2D eigenvalue weighted by molar-refractivity contribution is 7.14. The second kappa shape index (κ2) is 5.15. The van der Waals surface area contributed by atoms with Gasteiger partial charge in [-0.05, 0) is 31.4 Å². The summed E-state index contributed by atoms with van der Waals surface area (Å²) in [6.07, 6.45) is 1.99. The summed E-state index contributed by atoms with van der Waals surface area (Å²) in [5, 5.41) is 2.88. The van der Waals surface area contributed by atoms with E-state index in [0.29, 0.717) is 0 Å². The molecule has 3 heteroatoms. The molecule has 0 aliphatic rings. The molecule has 0 spiro atoms. The smallest absolute Gasteiger partial charge is 0.261 e. The van der Waals surface area contributed by atoms with Crippen LogP contribution in [0.3, 0.4) is 0 Å². The molecule has 0 unspecified atom stereocenters. The highest BCUT2D eigenvalue weighted by Crippen LogP contribution is 2.21. The largest absolute Gasteiger partial charge is 0.351 e. The fourth-order valence-electron chi connectivity index (χ4n) is 1.31. The Kier molecular flexibility index (Phi) is 4.14. The van der Waals surface area contributed by atoms with E-state index in [1.54, 1.807) is 11.3 Å². The standard InChI is InChI=1S/C11H17NOS/c1-4-6-12-11(13)10-7-9(5-2)8(3)14-10/h7H,4-6H2,1-3H3,(H,12,13). The summed E-state index contributed by atoms with van der Waals surface area (Å²) < 4.78 is 0. The van der Waals surface area contributed by atoms with E-state index >= 15 is 0 Å². The minimum absolute atomic E-state index is 0.0691. The maximum Gasteiger partial charge on any atom is 0.261 e. The lowest BCUT2D eigenvalue weighted by molar-refractivity contribution is 0.0957. The number of carbonyl (C=O) groups is 1. The topological polar surface area (TPSA) is 29.1 Å². The average Bonchev–Trinajstić information content (AvgIpc) is 2.56. The summed E-state index contributed by atoms with van der Waals surface area (Å²) in [5.74, 6) is 0.0691. The van der Waals surface area contributed by atoms with Crippen molar-refractivity contribution in [1.29, 1.82) is 0 Å². The van der Waals surface area contributed by atoms with Crippen LogP contribution in [0.15, 0.2) is 6.07 Å². The van der Waals surface area contributed by atoms with E-state index in [1.165, 1.54) is 10.4 Å². The van der Waals surface area contributed by atoms with E-state index < -0.39 is 0 Å².